The molecule has 1 aromatic heterocycles. The van der Waals surface area contributed by atoms with Crippen molar-refractivity contribution in [3.8, 4) is 0 Å². The third-order valence-electron chi connectivity index (χ3n) is 4.86. The molecule has 136 valence electrons. The van der Waals surface area contributed by atoms with Crippen LogP contribution in [-0.4, -0.2) is 11.7 Å². The van der Waals surface area contributed by atoms with Crippen LogP contribution in [0, 0.1) is 18.7 Å². The first-order valence-electron chi connectivity index (χ1n) is 8.73. The largest absolute Gasteiger partial charge is 0.541 e. The van der Waals surface area contributed by atoms with E-state index in [1.165, 1.54) is 35.6 Å². The lowest BCUT2D eigenvalue weighted by molar-refractivity contribution is -0.256. The van der Waals surface area contributed by atoms with Gasteiger partial charge < -0.3 is 14.3 Å². The number of aryl methyl sites for hydroxylation is 1. The number of aliphatic imine (C=N–C) groups is 1. The predicted octanol–water partition coefficient (Wildman–Crippen LogP) is 4.02. The van der Waals surface area contributed by atoms with Crippen LogP contribution < -0.4 is 5.11 Å². The fraction of sp³-hybridized carbons (Fsp3) is 0.182. The number of hydrogen-bond donors (Lipinski definition) is 0. The molecule has 1 heterocycles. The number of halogens is 1. The minimum Gasteiger partial charge on any atom is -0.541 e. The molecule has 4 nitrogen and oxygen atoms in total. The van der Waals surface area contributed by atoms with Crippen molar-refractivity contribution in [1.29, 1.82) is 0 Å². The van der Waals surface area contributed by atoms with Gasteiger partial charge >= 0.3 is 0 Å². The standard InChI is InChI=1S/C22H18FNO3/c1-13-2-4-14(5-3-13)17-12-18(17)20(15-6-8-16(23)9-7-15)24-19-10-11-27-21(19)22(25)26/h2-11,17-18H,12H2,1H3,(H,25,26)/p-1. The fourth-order valence-electron chi connectivity index (χ4n) is 3.33. The van der Waals surface area contributed by atoms with Crippen molar-refractivity contribution in [1.82, 2.24) is 0 Å². The van der Waals surface area contributed by atoms with E-state index in [1.807, 2.05) is 6.92 Å². The lowest BCUT2D eigenvalue weighted by atomic mass is 10.0. The van der Waals surface area contributed by atoms with Crippen molar-refractivity contribution in [2.45, 2.75) is 19.3 Å². The Morgan fingerprint density at radius 3 is 2.48 bits per heavy atom. The molecule has 0 radical (unpaired) electrons. The number of rotatable bonds is 5. The zero-order valence-electron chi connectivity index (χ0n) is 14.7. The van der Waals surface area contributed by atoms with Crippen molar-refractivity contribution < 1.29 is 18.7 Å². The summed E-state index contributed by atoms with van der Waals surface area (Å²) < 4.78 is 18.3. The highest BCUT2D eigenvalue weighted by molar-refractivity contribution is 6.06. The van der Waals surface area contributed by atoms with Crippen LogP contribution in [0.1, 0.15) is 39.6 Å². The minimum atomic E-state index is -1.41. The number of aromatic carboxylic acids is 1. The Balaban J connectivity index is 1.72. The normalized spacial score (nSPS) is 19.1. The van der Waals surface area contributed by atoms with Gasteiger partial charge in [-0.25, -0.2) is 9.38 Å². The molecule has 5 heteroatoms. The third kappa shape index (κ3) is 3.53. The molecule has 3 aromatic rings. The van der Waals surface area contributed by atoms with E-state index < -0.39 is 5.97 Å². The number of furan rings is 1. The number of benzene rings is 2. The molecule has 1 aliphatic rings. The highest BCUT2D eigenvalue weighted by atomic mass is 19.1. The summed E-state index contributed by atoms with van der Waals surface area (Å²) in [4.78, 5) is 15.8. The van der Waals surface area contributed by atoms with Crippen LogP contribution in [0.4, 0.5) is 10.1 Å². The maximum Gasteiger partial charge on any atom is 0.174 e. The summed E-state index contributed by atoms with van der Waals surface area (Å²) in [6, 6.07) is 15.9. The van der Waals surface area contributed by atoms with Crippen LogP contribution >= 0.6 is 0 Å². The molecule has 0 N–H and O–H groups in total. The van der Waals surface area contributed by atoms with Gasteiger partial charge in [0.1, 0.15) is 17.5 Å². The summed E-state index contributed by atoms with van der Waals surface area (Å²) >= 11 is 0. The highest BCUT2D eigenvalue weighted by Crippen LogP contribution is 2.50. The summed E-state index contributed by atoms with van der Waals surface area (Å²) in [6.07, 6.45) is 2.17. The molecule has 0 saturated heterocycles. The molecule has 0 aliphatic heterocycles. The lowest BCUT2D eigenvalue weighted by Gasteiger charge is -2.08. The molecule has 2 aromatic carbocycles. The number of carboxylic acid groups (broad SMARTS) is 1. The average molecular weight is 362 g/mol. The second-order valence-corrected chi connectivity index (χ2v) is 6.79. The van der Waals surface area contributed by atoms with E-state index in [0.717, 1.165) is 17.7 Å². The second kappa shape index (κ2) is 6.83. The van der Waals surface area contributed by atoms with Gasteiger partial charge in [-0.05, 0) is 42.5 Å². The van der Waals surface area contributed by atoms with E-state index in [9.17, 15) is 14.3 Å². The van der Waals surface area contributed by atoms with Gasteiger partial charge in [0.2, 0.25) is 0 Å². The van der Waals surface area contributed by atoms with Crippen molar-refractivity contribution in [2.24, 2.45) is 10.9 Å². The first-order chi connectivity index (χ1) is 13.0. The van der Waals surface area contributed by atoms with Crippen molar-refractivity contribution in [2.75, 3.05) is 0 Å². The van der Waals surface area contributed by atoms with Gasteiger partial charge in [0, 0.05) is 12.0 Å². The van der Waals surface area contributed by atoms with Crippen molar-refractivity contribution in [3.05, 3.63) is 89.1 Å². The van der Waals surface area contributed by atoms with Crippen molar-refractivity contribution in [3.63, 3.8) is 0 Å². The number of hydrogen-bond acceptors (Lipinski definition) is 4. The Bertz CT molecular complexity index is 1000. The Hall–Kier alpha value is -3.21. The molecule has 2 unspecified atom stereocenters. The number of carbonyl (C=O) groups is 1. The Labute approximate surface area is 156 Å². The van der Waals surface area contributed by atoms with Crippen LogP contribution in [0.3, 0.4) is 0 Å². The SMILES string of the molecule is Cc1ccc(C2CC2C(=Nc2ccoc2C(=O)[O-])c2ccc(F)cc2)cc1. The summed E-state index contributed by atoms with van der Waals surface area (Å²) in [5.74, 6) is -1.62. The predicted molar refractivity (Wildman–Crippen MR) is 97.7 cm³/mol. The molecule has 0 amide bonds. The second-order valence-electron chi connectivity index (χ2n) is 6.79. The third-order valence-corrected chi connectivity index (χ3v) is 4.86. The van der Waals surface area contributed by atoms with Crippen LogP contribution in [-0.2, 0) is 0 Å². The Morgan fingerprint density at radius 1 is 1.11 bits per heavy atom. The Morgan fingerprint density at radius 2 is 1.81 bits per heavy atom. The molecule has 0 bridgehead atoms. The maximum absolute atomic E-state index is 13.4. The zero-order valence-corrected chi connectivity index (χ0v) is 14.7. The van der Waals surface area contributed by atoms with Crippen molar-refractivity contribution >= 4 is 17.4 Å². The van der Waals surface area contributed by atoms with Crippen LogP contribution in [0.15, 0.2) is 70.3 Å². The molecule has 2 atom stereocenters. The number of nitrogens with zero attached hydrogens (tertiary/aromatic N) is 1. The molecule has 0 spiro atoms. The van der Waals surface area contributed by atoms with Gasteiger partial charge in [0.15, 0.2) is 5.76 Å². The summed E-state index contributed by atoms with van der Waals surface area (Å²) in [5.41, 5.74) is 4.11. The van der Waals surface area contributed by atoms with E-state index >= 15 is 0 Å². The summed E-state index contributed by atoms with van der Waals surface area (Å²) in [5, 5.41) is 11.2. The van der Waals surface area contributed by atoms with E-state index in [1.54, 1.807) is 12.1 Å². The van der Waals surface area contributed by atoms with Gasteiger partial charge in [-0.1, -0.05) is 42.0 Å². The van der Waals surface area contributed by atoms with E-state index in [2.05, 4.69) is 29.3 Å². The molecule has 27 heavy (non-hydrogen) atoms. The monoisotopic (exact) mass is 362 g/mol. The zero-order chi connectivity index (χ0) is 19.0. The fourth-order valence-corrected chi connectivity index (χ4v) is 3.33. The van der Waals surface area contributed by atoms with Gasteiger partial charge in [-0.3, -0.25) is 0 Å². The average Bonchev–Trinajstić information content (AvgIpc) is 3.29. The van der Waals surface area contributed by atoms with Gasteiger partial charge in [-0.15, -0.1) is 0 Å². The number of carbonyl (C=O) groups excluding carboxylic acids is 1. The molecule has 1 saturated carbocycles. The smallest absolute Gasteiger partial charge is 0.174 e. The van der Waals surface area contributed by atoms with E-state index in [-0.39, 0.29) is 23.2 Å². The van der Waals surface area contributed by atoms with Crippen LogP contribution in [0.25, 0.3) is 0 Å². The topological polar surface area (TPSA) is 65.6 Å². The first-order valence-corrected chi connectivity index (χ1v) is 8.73. The summed E-state index contributed by atoms with van der Waals surface area (Å²) in [6.45, 7) is 2.04. The van der Waals surface area contributed by atoms with Gasteiger partial charge in [-0.2, -0.15) is 0 Å². The van der Waals surface area contributed by atoms with Crippen LogP contribution in [0.5, 0.6) is 0 Å². The summed E-state index contributed by atoms with van der Waals surface area (Å²) in [7, 11) is 0. The minimum absolute atomic E-state index is 0.127. The highest BCUT2D eigenvalue weighted by Gasteiger charge is 2.42. The molecular formula is C22H17FNO3-. The van der Waals surface area contributed by atoms with Gasteiger partial charge in [0.05, 0.1) is 12.0 Å². The molecule has 1 aliphatic carbocycles. The maximum atomic E-state index is 13.4. The van der Waals surface area contributed by atoms with Gasteiger partial charge in [0.25, 0.3) is 0 Å². The van der Waals surface area contributed by atoms with Crippen LogP contribution in [0.2, 0.25) is 0 Å². The molecule has 1 fully saturated rings. The van der Waals surface area contributed by atoms with E-state index in [0.29, 0.717) is 5.92 Å². The van der Waals surface area contributed by atoms with E-state index in [4.69, 9.17) is 4.42 Å². The number of carboxylic acids is 1. The first kappa shape index (κ1) is 17.2. The quantitative estimate of drug-likeness (QED) is 0.644. The molecule has 4 rings (SSSR count). The lowest BCUT2D eigenvalue weighted by Crippen LogP contribution is -2.21. The molecular weight excluding hydrogens is 345 g/mol. The Kier molecular flexibility index (Phi) is 4.36.